The summed E-state index contributed by atoms with van der Waals surface area (Å²) in [7, 11) is 0. The summed E-state index contributed by atoms with van der Waals surface area (Å²) in [6.45, 7) is 1.78. The average molecular weight is 374 g/mol. The number of rotatable bonds is 6. The summed E-state index contributed by atoms with van der Waals surface area (Å²) in [5.41, 5.74) is 3.09. The lowest BCUT2D eigenvalue weighted by Gasteiger charge is -2.25. The Morgan fingerprint density at radius 2 is 2.07 bits per heavy atom. The highest BCUT2D eigenvalue weighted by Crippen LogP contribution is 2.20. The van der Waals surface area contributed by atoms with Crippen LogP contribution in [-0.4, -0.2) is 45.0 Å². The van der Waals surface area contributed by atoms with Crippen molar-refractivity contribution in [1.29, 1.82) is 0 Å². The number of hydrogen-bond acceptors (Lipinski definition) is 5. The van der Waals surface area contributed by atoms with Gasteiger partial charge in [-0.15, -0.1) is 0 Å². The van der Waals surface area contributed by atoms with Crippen molar-refractivity contribution in [3.8, 4) is 11.3 Å². The fourth-order valence-corrected chi connectivity index (χ4v) is 3.38. The first-order valence-corrected chi connectivity index (χ1v) is 9.47. The lowest BCUT2D eigenvalue weighted by molar-refractivity contribution is 0.0504. The van der Waals surface area contributed by atoms with Crippen molar-refractivity contribution in [1.82, 2.24) is 19.9 Å². The zero-order valence-electron chi connectivity index (χ0n) is 15.6. The molecule has 0 spiro atoms. The zero-order valence-corrected chi connectivity index (χ0v) is 15.6. The number of aromatic nitrogens is 3. The van der Waals surface area contributed by atoms with E-state index in [0.717, 1.165) is 36.4 Å². The maximum atomic E-state index is 13.3. The molecule has 2 aromatic heterocycles. The molecule has 0 bridgehead atoms. The Balaban J connectivity index is 1.59. The lowest BCUT2D eigenvalue weighted by Crippen LogP contribution is -2.37. The molecule has 1 saturated heterocycles. The summed E-state index contributed by atoms with van der Waals surface area (Å²) in [6, 6.07) is 13.3. The number of carbonyl (C=O) groups is 1. The van der Waals surface area contributed by atoms with E-state index in [2.05, 4.69) is 15.0 Å². The molecule has 0 unspecified atom stereocenters. The molecule has 0 saturated carbocycles. The van der Waals surface area contributed by atoms with E-state index in [9.17, 15) is 4.79 Å². The molecular weight excluding hydrogens is 352 g/mol. The third-order valence-electron chi connectivity index (χ3n) is 4.78. The van der Waals surface area contributed by atoms with Gasteiger partial charge in [-0.2, -0.15) is 0 Å². The summed E-state index contributed by atoms with van der Waals surface area (Å²) >= 11 is 0. The van der Waals surface area contributed by atoms with E-state index in [0.29, 0.717) is 18.7 Å². The van der Waals surface area contributed by atoms with Gasteiger partial charge in [0.05, 0.1) is 30.2 Å². The number of nitrogens with zero attached hydrogens (tertiary/aromatic N) is 4. The summed E-state index contributed by atoms with van der Waals surface area (Å²) in [5.74, 6) is -0.0353. The Bertz CT molecular complexity index is 912. The van der Waals surface area contributed by atoms with Crippen LogP contribution in [0.5, 0.6) is 0 Å². The molecule has 3 aromatic rings. The topological polar surface area (TPSA) is 68.2 Å². The Hall–Kier alpha value is -3.12. The van der Waals surface area contributed by atoms with Crippen molar-refractivity contribution in [3.05, 3.63) is 78.5 Å². The first kappa shape index (κ1) is 18.3. The van der Waals surface area contributed by atoms with Gasteiger partial charge in [0.25, 0.3) is 5.91 Å². The van der Waals surface area contributed by atoms with Gasteiger partial charge in [0.2, 0.25) is 0 Å². The molecule has 0 radical (unpaired) electrons. The lowest BCUT2D eigenvalue weighted by atomic mass is 10.1. The van der Waals surface area contributed by atoms with Crippen LogP contribution in [0.1, 0.15) is 28.9 Å². The maximum Gasteiger partial charge on any atom is 0.254 e. The first-order valence-electron chi connectivity index (χ1n) is 9.47. The molecule has 1 amide bonds. The molecule has 3 heterocycles. The molecule has 1 aliphatic rings. The number of benzene rings is 1. The summed E-state index contributed by atoms with van der Waals surface area (Å²) < 4.78 is 5.77. The van der Waals surface area contributed by atoms with Crippen LogP contribution in [0.2, 0.25) is 0 Å². The molecule has 1 fully saturated rings. The van der Waals surface area contributed by atoms with Crippen molar-refractivity contribution in [2.24, 2.45) is 0 Å². The van der Waals surface area contributed by atoms with E-state index in [1.807, 2.05) is 47.4 Å². The molecule has 6 nitrogen and oxygen atoms in total. The highest BCUT2D eigenvalue weighted by atomic mass is 16.5. The van der Waals surface area contributed by atoms with E-state index >= 15 is 0 Å². The third kappa shape index (κ3) is 4.40. The van der Waals surface area contributed by atoms with Gasteiger partial charge in [-0.05, 0) is 37.1 Å². The standard InChI is InChI=1S/C22H22N4O2/c27-22(18-6-3-5-17(13-18)21-14-23-10-11-25-21)26(16-20-8-4-12-28-20)15-19-7-1-2-9-24-19/h1-3,5-7,9-11,13-14,20H,4,8,12,15-16H2/t20-/m1/s1. The molecule has 1 aromatic carbocycles. The van der Waals surface area contributed by atoms with Crippen LogP contribution in [0.15, 0.2) is 67.3 Å². The summed E-state index contributed by atoms with van der Waals surface area (Å²) in [4.78, 5) is 28.0. The van der Waals surface area contributed by atoms with Crippen LogP contribution in [0.4, 0.5) is 0 Å². The Labute approximate surface area is 164 Å². The molecular formula is C22H22N4O2. The normalized spacial score (nSPS) is 16.1. The molecule has 1 atom stereocenters. The SMILES string of the molecule is O=C(c1cccc(-c2cnccn2)c1)N(Cc1ccccn1)C[C@H]1CCCO1. The molecule has 4 rings (SSSR count). The van der Waals surface area contributed by atoms with Crippen molar-refractivity contribution in [2.75, 3.05) is 13.2 Å². The fraction of sp³-hybridized carbons (Fsp3) is 0.273. The van der Waals surface area contributed by atoms with Gasteiger partial charge in [0, 0.05) is 42.9 Å². The van der Waals surface area contributed by atoms with Crippen molar-refractivity contribution >= 4 is 5.91 Å². The van der Waals surface area contributed by atoms with Gasteiger partial charge < -0.3 is 9.64 Å². The highest BCUT2D eigenvalue weighted by molar-refractivity contribution is 5.95. The van der Waals surface area contributed by atoms with Crippen LogP contribution >= 0.6 is 0 Å². The van der Waals surface area contributed by atoms with Gasteiger partial charge in [0.1, 0.15) is 0 Å². The van der Waals surface area contributed by atoms with Crippen molar-refractivity contribution in [3.63, 3.8) is 0 Å². The number of amides is 1. The Morgan fingerprint density at radius 1 is 1.11 bits per heavy atom. The fourth-order valence-electron chi connectivity index (χ4n) is 3.38. The van der Waals surface area contributed by atoms with Gasteiger partial charge in [-0.3, -0.25) is 19.7 Å². The molecule has 0 N–H and O–H groups in total. The molecule has 142 valence electrons. The van der Waals surface area contributed by atoms with Gasteiger partial charge >= 0.3 is 0 Å². The first-order chi connectivity index (χ1) is 13.8. The van der Waals surface area contributed by atoms with Crippen molar-refractivity contribution in [2.45, 2.75) is 25.5 Å². The minimum Gasteiger partial charge on any atom is -0.376 e. The van der Waals surface area contributed by atoms with Crippen molar-refractivity contribution < 1.29 is 9.53 Å². The van der Waals surface area contributed by atoms with E-state index < -0.39 is 0 Å². The number of carbonyl (C=O) groups excluding carboxylic acids is 1. The number of hydrogen-bond donors (Lipinski definition) is 0. The monoisotopic (exact) mass is 374 g/mol. The molecule has 6 heteroatoms. The quantitative estimate of drug-likeness (QED) is 0.662. The minimum absolute atomic E-state index is 0.0353. The highest BCUT2D eigenvalue weighted by Gasteiger charge is 2.24. The predicted octanol–water partition coefficient (Wildman–Crippen LogP) is 3.36. The van der Waals surface area contributed by atoms with Gasteiger partial charge in [-0.1, -0.05) is 18.2 Å². The summed E-state index contributed by atoms with van der Waals surface area (Å²) in [6.07, 6.45) is 8.82. The molecule has 0 aliphatic carbocycles. The maximum absolute atomic E-state index is 13.3. The molecule has 1 aliphatic heterocycles. The van der Waals surface area contributed by atoms with Crippen LogP contribution < -0.4 is 0 Å². The van der Waals surface area contributed by atoms with Gasteiger partial charge in [-0.25, -0.2) is 0 Å². The third-order valence-corrected chi connectivity index (χ3v) is 4.78. The average Bonchev–Trinajstić information content (AvgIpc) is 3.27. The van der Waals surface area contributed by atoms with Crippen LogP contribution in [0, 0.1) is 0 Å². The zero-order chi connectivity index (χ0) is 19.2. The van der Waals surface area contributed by atoms with Crippen LogP contribution in [0.25, 0.3) is 11.3 Å². The smallest absolute Gasteiger partial charge is 0.254 e. The number of pyridine rings is 1. The van der Waals surface area contributed by atoms with Gasteiger partial charge in [0.15, 0.2) is 0 Å². The van der Waals surface area contributed by atoms with Crippen LogP contribution in [-0.2, 0) is 11.3 Å². The van der Waals surface area contributed by atoms with Crippen LogP contribution in [0.3, 0.4) is 0 Å². The Kier molecular flexibility index (Phi) is 5.68. The largest absolute Gasteiger partial charge is 0.376 e. The second kappa shape index (κ2) is 8.71. The molecule has 28 heavy (non-hydrogen) atoms. The second-order valence-electron chi connectivity index (χ2n) is 6.81. The van der Waals surface area contributed by atoms with E-state index in [1.165, 1.54) is 0 Å². The second-order valence-corrected chi connectivity index (χ2v) is 6.81. The Morgan fingerprint density at radius 3 is 2.82 bits per heavy atom. The van der Waals surface area contributed by atoms with E-state index in [-0.39, 0.29) is 12.0 Å². The predicted molar refractivity (Wildman–Crippen MR) is 105 cm³/mol. The summed E-state index contributed by atoms with van der Waals surface area (Å²) in [5, 5.41) is 0. The number of ether oxygens (including phenoxy) is 1. The van der Waals surface area contributed by atoms with E-state index in [4.69, 9.17) is 4.74 Å². The van der Waals surface area contributed by atoms with E-state index in [1.54, 1.807) is 24.8 Å². The minimum atomic E-state index is -0.0353.